The maximum absolute atomic E-state index is 13.1. The van der Waals surface area contributed by atoms with E-state index in [-0.39, 0.29) is 11.9 Å². The molecule has 9 heteroatoms. The van der Waals surface area contributed by atoms with Gasteiger partial charge in [-0.2, -0.15) is 13.2 Å². The van der Waals surface area contributed by atoms with E-state index in [1.807, 2.05) is 19.9 Å². The zero-order valence-corrected chi connectivity index (χ0v) is 21.9. The van der Waals surface area contributed by atoms with E-state index in [9.17, 15) is 18.0 Å². The van der Waals surface area contributed by atoms with Crippen molar-refractivity contribution in [2.45, 2.75) is 58.5 Å². The van der Waals surface area contributed by atoms with Crippen molar-refractivity contribution in [1.82, 2.24) is 19.6 Å². The van der Waals surface area contributed by atoms with Crippen molar-refractivity contribution in [2.24, 2.45) is 0 Å². The minimum absolute atomic E-state index is 0.0160. The average Bonchev–Trinajstić information content (AvgIpc) is 3.48. The molecule has 1 aliphatic heterocycles. The largest absolute Gasteiger partial charge is 0.416 e. The van der Waals surface area contributed by atoms with E-state index in [0.29, 0.717) is 41.6 Å². The number of aryl methyl sites for hydroxylation is 1. The van der Waals surface area contributed by atoms with Gasteiger partial charge in [0.15, 0.2) is 0 Å². The molecule has 0 fully saturated rings. The van der Waals surface area contributed by atoms with Crippen molar-refractivity contribution in [3.05, 3.63) is 105 Å². The predicted octanol–water partition coefficient (Wildman–Crippen LogP) is 6.97. The summed E-state index contributed by atoms with van der Waals surface area (Å²) in [5, 5.41) is 3.54. The van der Waals surface area contributed by atoms with E-state index in [2.05, 4.69) is 27.3 Å². The van der Waals surface area contributed by atoms with Gasteiger partial charge in [-0.05, 0) is 59.4 Å². The summed E-state index contributed by atoms with van der Waals surface area (Å²) in [6, 6.07) is 15.2. The fourth-order valence-electron chi connectivity index (χ4n) is 5.22. The van der Waals surface area contributed by atoms with Gasteiger partial charge in [0.2, 0.25) is 0 Å². The van der Waals surface area contributed by atoms with Crippen molar-refractivity contribution >= 4 is 23.2 Å². The Bertz CT molecular complexity index is 1480. The van der Waals surface area contributed by atoms with Crippen molar-refractivity contribution in [3.63, 3.8) is 0 Å². The van der Waals surface area contributed by atoms with Gasteiger partial charge in [0.25, 0.3) is 5.91 Å². The SMILES string of the molecule is CCc1nc2ccc(Cl)cn2c1C(=O)NCc1ccc2c(c1)CN(C(CC)c1ccc(C(F)(F)F)cc1)C2. The van der Waals surface area contributed by atoms with E-state index in [1.165, 1.54) is 5.56 Å². The number of carbonyl (C=O) groups is 1. The molecule has 0 bridgehead atoms. The van der Waals surface area contributed by atoms with Crippen LogP contribution in [0.2, 0.25) is 5.02 Å². The third kappa shape index (κ3) is 5.15. The predicted molar refractivity (Wildman–Crippen MR) is 141 cm³/mol. The number of nitrogens with zero attached hydrogens (tertiary/aromatic N) is 3. The highest BCUT2D eigenvalue weighted by molar-refractivity contribution is 6.30. The van der Waals surface area contributed by atoms with Crippen molar-refractivity contribution in [3.8, 4) is 0 Å². The smallest absolute Gasteiger partial charge is 0.347 e. The molecular weight excluding hydrogens is 513 g/mol. The van der Waals surface area contributed by atoms with Gasteiger partial charge in [-0.15, -0.1) is 0 Å². The molecule has 2 aromatic carbocycles. The normalized spacial score (nSPS) is 14.6. The number of aromatic nitrogens is 2. The first-order valence-electron chi connectivity index (χ1n) is 12.6. The number of rotatable bonds is 7. The quantitative estimate of drug-likeness (QED) is 0.275. The number of hydrogen-bond donors (Lipinski definition) is 1. The van der Waals surface area contributed by atoms with Crippen LogP contribution >= 0.6 is 11.6 Å². The van der Waals surface area contributed by atoms with Crippen LogP contribution in [0.5, 0.6) is 0 Å². The fourth-order valence-corrected chi connectivity index (χ4v) is 5.38. The lowest BCUT2D eigenvalue weighted by atomic mass is 10.0. The van der Waals surface area contributed by atoms with Crippen LogP contribution in [0.4, 0.5) is 13.2 Å². The van der Waals surface area contributed by atoms with Gasteiger partial charge in [-0.1, -0.05) is 55.8 Å². The summed E-state index contributed by atoms with van der Waals surface area (Å²) >= 11 is 6.15. The zero-order valence-electron chi connectivity index (χ0n) is 21.1. The molecule has 3 heterocycles. The molecule has 5 rings (SSSR count). The monoisotopic (exact) mass is 540 g/mol. The number of nitrogens with one attached hydrogen (secondary N) is 1. The Morgan fingerprint density at radius 1 is 1.05 bits per heavy atom. The fraction of sp³-hybridized carbons (Fsp3) is 0.310. The molecule has 1 aliphatic rings. The van der Waals surface area contributed by atoms with E-state index in [4.69, 9.17) is 11.6 Å². The molecule has 2 aromatic heterocycles. The Balaban J connectivity index is 1.28. The van der Waals surface area contributed by atoms with Crippen molar-refractivity contribution < 1.29 is 18.0 Å². The number of pyridine rings is 1. The van der Waals surface area contributed by atoms with E-state index >= 15 is 0 Å². The van der Waals surface area contributed by atoms with Gasteiger partial charge in [0, 0.05) is 31.9 Å². The molecular formula is C29H28ClF3N4O. The third-order valence-corrected chi connectivity index (χ3v) is 7.35. The van der Waals surface area contributed by atoms with Gasteiger partial charge in [-0.25, -0.2) is 4.98 Å². The number of halogens is 4. The topological polar surface area (TPSA) is 49.6 Å². The molecule has 38 heavy (non-hydrogen) atoms. The number of imidazole rings is 1. The summed E-state index contributed by atoms with van der Waals surface area (Å²) in [5.41, 5.74) is 5.45. The summed E-state index contributed by atoms with van der Waals surface area (Å²) in [7, 11) is 0. The molecule has 1 atom stereocenters. The molecule has 1 N–H and O–H groups in total. The minimum atomic E-state index is -4.34. The summed E-state index contributed by atoms with van der Waals surface area (Å²) in [4.78, 5) is 20.0. The van der Waals surface area contributed by atoms with Gasteiger partial charge < -0.3 is 5.32 Å². The molecule has 5 nitrogen and oxygen atoms in total. The molecule has 0 saturated heterocycles. The first kappa shape index (κ1) is 26.3. The Morgan fingerprint density at radius 2 is 1.79 bits per heavy atom. The Morgan fingerprint density at radius 3 is 2.47 bits per heavy atom. The molecule has 1 unspecified atom stereocenters. The molecule has 198 valence electrons. The third-order valence-electron chi connectivity index (χ3n) is 7.13. The second-order valence-electron chi connectivity index (χ2n) is 9.57. The Labute approximate surface area is 224 Å². The summed E-state index contributed by atoms with van der Waals surface area (Å²) < 4.78 is 40.7. The molecule has 0 aliphatic carbocycles. The van der Waals surface area contributed by atoms with Crippen molar-refractivity contribution in [1.29, 1.82) is 0 Å². The highest BCUT2D eigenvalue weighted by atomic mass is 35.5. The molecule has 0 saturated carbocycles. The number of benzene rings is 2. The number of fused-ring (bicyclic) bond motifs is 2. The molecule has 4 aromatic rings. The van der Waals surface area contributed by atoms with E-state index < -0.39 is 11.7 Å². The maximum atomic E-state index is 13.1. The highest BCUT2D eigenvalue weighted by Crippen LogP contribution is 2.35. The van der Waals surface area contributed by atoms with Crippen LogP contribution in [0.25, 0.3) is 5.65 Å². The van der Waals surface area contributed by atoms with Crippen LogP contribution in [-0.2, 0) is 32.2 Å². The number of alkyl halides is 3. The van der Waals surface area contributed by atoms with Crippen LogP contribution in [-0.4, -0.2) is 20.2 Å². The summed E-state index contributed by atoms with van der Waals surface area (Å²) in [6.07, 6.45) is -1.24. The second-order valence-corrected chi connectivity index (χ2v) is 10.0. The van der Waals surface area contributed by atoms with E-state index in [0.717, 1.165) is 41.8 Å². The zero-order chi connectivity index (χ0) is 27.0. The van der Waals surface area contributed by atoms with Gasteiger partial charge >= 0.3 is 6.18 Å². The lowest BCUT2D eigenvalue weighted by molar-refractivity contribution is -0.137. The van der Waals surface area contributed by atoms with E-state index in [1.54, 1.807) is 34.9 Å². The number of amides is 1. The molecule has 0 radical (unpaired) electrons. The first-order chi connectivity index (χ1) is 18.2. The second kappa shape index (κ2) is 10.4. The highest BCUT2D eigenvalue weighted by Gasteiger charge is 2.31. The average molecular weight is 541 g/mol. The molecule has 0 spiro atoms. The minimum Gasteiger partial charge on any atom is -0.347 e. The summed E-state index contributed by atoms with van der Waals surface area (Å²) in [6.45, 7) is 5.79. The van der Waals surface area contributed by atoms with Crippen LogP contribution in [0, 0.1) is 0 Å². The summed E-state index contributed by atoms with van der Waals surface area (Å²) in [5.74, 6) is -0.216. The lowest BCUT2D eigenvalue weighted by Crippen LogP contribution is -2.25. The maximum Gasteiger partial charge on any atom is 0.416 e. The van der Waals surface area contributed by atoms with Crippen LogP contribution in [0.15, 0.2) is 60.8 Å². The van der Waals surface area contributed by atoms with Crippen LogP contribution < -0.4 is 5.32 Å². The lowest BCUT2D eigenvalue weighted by Gasteiger charge is -2.27. The molecule has 1 amide bonds. The van der Waals surface area contributed by atoms with Crippen LogP contribution in [0.1, 0.15) is 70.3 Å². The first-order valence-corrected chi connectivity index (χ1v) is 13.0. The van der Waals surface area contributed by atoms with Gasteiger partial charge in [0.1, 0.15) is 11.3 Å². The standard InChI is InChI=1S/C29H28ClF3N4O/c1-3-24-27(37-17-23(30)11-12-26(37)35-24)28(38)34-14-18-5-6-20-15-36(16-21(20)13-18)25(4-2)19-7-9-22(10-8-19)29(31,32)33/h5-13,17,25H,3-4,14-16H2,1-2H3,(H,34,38). The van der Waals surface area contributed by atoms with Gasteiger partial charge in [0.05, 0.1) is 16.3 Å². The Hall–Kier alpha value is -3.36. The number of hydrogen-bond acceptors (Lipinski definition) is 3. The van der Waals surface area contributed by atoms with Crippen molar-refractivity contribution in [2.75, 3.05) is 0 Å². The van der Waals surface area contributed by atoms with Crippen LogP contribution in [0.3, 0.4) is 0 Å². The Kier molecular flexibility index (Phi) is 7.20. The van der Waals surface area contributed by atoms with Gasteiger partial charge in [-0.3, -0.25) is 14.1 Å². The number of carbonyl (C=O) groups excluding carboxylic acids is 1.